The maximum atomic E-state index is 12.9. The fraction of sp³-hybridized carbons (Fsp3) is 0.240. The molecule has 4 rings (SSSR count). The zero-order valence-corrected chi connectivity index (χ0v) is 18.6. The van der Waals surface area contributed by atoms with E-state index >= 15 is 0 Å². The third kappa shape index (κ3) is 4.71. The highest BCUT2D eigenvalue weighted by Crippen LogP contribution is 2.25. The third-order valence-corrected chi connectivity index (χ3v) is 6.49. The molecule has 32 heavy (non-hydrogen) atoms. The highest BCUT2D eigenvalue weighted by molar-refractivity contribution is 7.99. The molecule has 0 saturated carbocycles. The maximum absolute atomic E-state index is 12.9. The normalized spacial score (nSPS) is 15.9. The summed E-state index contributed by atoms with van der Waals surface area (Å²) in [5.74, 6) is 0.700. The van der Waals surface area contributed by atoms with Gasteiger partial charge in [-0.2, -0.15) is 5.26 Å². The predicted molar refractivity (Wildman–Crippen MR) is 129 cm³/mol. The first-order valence-electron chi connectivity index (χ1n) is 10.5. The van der Waals surface area contributed by atoms with Crippen LogP contribution >= 0.6 is 11.8 Å². The van der Waals surface area contributed by atoms with Gasteiger partial charge in [-0.15, -0.1) is 11.8 Å². The van der Waals surface area contributed by atoms with Gasteiger partial charge in [0.05, 0.1) is 18.4 Å². The molecular weight excluding hydrogens is 420 g/mol. The smallest absolute Gasteiger partial charge is 0.248 e. The number of nitriles is 1. The number of aryl methyl sites for hydroxylation is 2. The molecule has 1 saturated heterocycles. The first kappa shape index (κ1) is 21.7. The molecule has 2 aromatic carbocycles. The molecule has 1 aliphatic rings. The zero-order valence-electron chi connectivity index (χ0n) is 17.8. The van der Waals surface area contributed by atoms with Crippen molar-refractivity contribution in [2.75, 3.05) is 16.9 Å². The van der Waals surface area contributed by atoms with Gasteiger partial charge in [-0.05, 0) is 31.2 Å². The average molecular weight is 445 g/mol. The number of nitrogens with one attached hydrogen (secondary N) is 1. The number of hydrogen-bond acceptors (Lipinski definition) is 4. The minimum Gasteiger partial charge on any atom is -0.346 e. The lowest BCUT2D eigenvalue weighted by Gasteiger charge is -2.21. The van der Waals surface area contributed by atoms with Crippen LogP contribution in [0.15, 0.2) is 60.8 Å². The molecule has 1 fully saturated rings. The van der Waals surface area contributed by atoms with Gasteiger partial charge in [-0.3, -0.25) is 9.59 Å². The van der Waals surface area contributed by atoms with Crippen molar-refractivity contribution in [3.8, 4) is 6.07 Å². The lowest BCUT2D eigenvalue weighted by Crippen LogP contribution is -2.43. The monoisotopic (exact) mass is 444 g/mol. The van der Waals surface area contributed by atoms with Gasteiger partial charge < -0.3 is 14.8 Å². The second-order valence-corrected chi connectivity index (χ2v) is 8.72. The van der Waals surface area contributed by atoms with Gasteiger partial charge in [-0.25, -0.2) is 0 Å². The molecule has 1 atom stereocenters. The Kier molecular flexibility index (Phi) is 6.62. The van der Waals surface area contributed by atoms with Gasteiger partial charge >= 0.3 is 0 Å². The number of carbonyl (C=O) groups excluding carboxylic acids is 2. The number of amides is 2. The van der Waals surface area contributed by atoms with E-state index in [0.29, 0.717) is 24.6 Å². The molecule has 0 spiro atoms. The first-order chi connectivity index (χ1) is 15.6. The van der Waals surface area contributed by atoms with Crippen LogP contribution in [-0.2, 0) is 16.1 Å². The number of anilines is 1. The van der Waals surface area contributed by atoms with Gasteiger partial charge in [0.1, 0.15) is 6.04 Å². The van der Waals surface area contributed by atoms with Gasteiger partial charge in [0.25, 0.3) is 0 Å². The molecule has 7 heteroatoms. The second-order valence-electron chi connectivity index (χ2n) is 7.72. The molecule has 0 aliphatic carbocycles. The zero-order chi connectivity index (χ0) is 22.5. The molecule has 1 N–H and O–H groups in total. The Labute approximate surface area is 191 Å². The van der Waals surface area contributed by atoms with Gasteiger partial charge in [0.15, 0.2) is 0 Å². The summed E-state index contributed by atoms with van der Waals surface area (Å²) >= 11 is 1.57. The van der Waals surface area contributed by atoms with Crippen molar-refractivity contribution in [1.82, 2.24) is 9.47 Å². The summed E-state index contributed by atoms with van der Waals surface area (Å²) in [6, 6.07) is 17.2. The maximum Gasteiger partial charge on any atom is 0.248 e. The van der Waals surface area contributed by atoms with Crippen LogP contribution < -0.4 is 5.32 Å². The summed E-state index contributed by atoms with van der Waals surface area (Å²) in [5, 5.41) is 12.9. The van der Waals surface area contributed by atoms with Gasteiger partial charge in [-0.1, -0.05) is 35.9 Å². The lowest BCUT2D eigenvalue weighted by molar-refractivity contribution is -0.132. The topological polar surface area (TPSA) is 78.1 Å². The first-order valence-corrected chi connectivity index (χ1v) is 11.6. The van der Waals surface area contributed by atoms with E-state index in [-0.39, 0.29) is 11.8 Å². The SMILES string of the molecule is Cc1ccc(NC(=O)C2CSCN2C(=O)C=Cc2cn(CCC#N)c3ccccc23)cc1. The number of carbonyl (C=O) groups is 2. The van der Waals surface area contributed by atoms with E-state index in [9.17, 15) is 9.59 Å². The van der Waals surface area contributed by atoms with Crippen LogP contribution in [0.25, 0.3) is 17.0 Å². The molecule has 1 aliphatic heterocycles. The van der Waals surface area contributed by atoms with Crippen LogP contribution in [0.1, 0.15) is 17.5 Å². The van der Waals surface area contributed by atoms with Crippen LogP contribution in [0.4, 0.5) is 5.69 Å². The van der Waals surface area contributed by atoms with Crippen LogP contribution in [-0.4, -0.2) is 39.0 Å². The molecule has 6 nitrogen and oxygen atoms in total. The number of benzene rings is 2. The van der Waals surface area contributed by atoms with Crippen LogP contribution in [0.3, 0.4) is 0 Å². The molecule has 2 heterocycles. The van der Waals surface area contributed by atoms with Crippen molar-refractivity contribution < 1.29 is 9.59 Å². The van der Waals surface area contributed by atoms with Crippen molar-refractivity contribution in [2.45, 2.75) is 25.9 Å². The van der Waals surface area contributed by atoms with E-state index in [0.717, 1.165) is 27.7 Å². The average Bonchev–Trinajstić information content (AvgIpc) is 3.43. The molecule has 162 valence electrons. The summed E-state index contributed by atoms with van der Waals surface area (Å²) in [5.41, 5.74) is 3.79. The number of hydrogen-bond donors (Lipinski definition) is 1. The standard InChI is InChI=1S/C25H24N4O2S/c1-18-7-10-20(11-8-18)27-25(31)23-16-32-17-29(23)24(30)12-9-19-15-28(14-4-13-26)22-6-3-2-5-21(19)22/h2-3,5-12,15,23H,4,14,16-17H2,1H3,(H,27,31). The Balaban J connectivity index is 1.49. The van der Waals surface area contributed by atoms with Gasteiger partial charge in [0, 0.05) is 46.7 Å². The Morgan fingerprint density at radius 2 is 2.00 bits per heavy atom. The minimum absolute atomic E-state index is 0.172. The van der Waals surface area contributed by atoms with Crippen LogP contribution in [0.5, 0.6) is 0 Å². The third-order valence-electron chi connectivity index (χ3n) is 5.48. The number of rotatable bonds is 6. The largest absolute Gasteiger partial charge is 0.346 e. The molecule has 0 radical (unpaired) electrons. The van der Waals surface area contributed by atoms with Gasteiger partial charge in [0.2, 0.25) is 11.8 Å². The van der Waals surface area contributed by atoms with Crippen molar-refractivity contribution in [3.05, 3.63) is 71.9 Å². The van der Waals surface area contributed by atoms with Crippen molar-refractivity contribution in [1.29, 1.82) is 5.26 Å². The van der Waals surface area contributed by atoms with Crippen molar-refractivity contribution in [3.63, 3.8) is 0 Å². The lowest BCUT2D eigenvalue weighted by atomic mass is 10.1. The Morgan fingerprint density at radius 1 is 1.22 bits per heavy atom. The highest BCUT2D eigenvalue weighted by Gasteiger charge is 2.33. The molecule has 3 aromatic rings. The molecule has 2 amide bonds. The quantitative estimate of drug-likeness (QED) is 0.571. The van der Waals surface area contributed by atoms with E-state index in [2.05, 4.69) is 11.4 Å². The molecular formula is C25H24N4O2S. The van der Waals surface area contributed by atoms with E-state index in [1.165, 1.54) is 6.08 Å². The number of fused-ring (bicyclic) bond motifs is 1. The summed E-state index contributed by atoms with van der Waals surface area (Å²) in [6.45, 7) is 2.59. The predicted octanol–water partition coefficient (Wildman–Crippen LogP) is 4.42. The van der Waals surface area contributed by atoms with E-state index in [1.54, 1.807) is 22.7 Å². The summed E-state index contributed by atoms with van der Waals surface area (Å²) < 4.78 is 2.03. The Bertz CT molecular complexity index is 1210. The van der Waals surface area contributed by atoms with Crippen LogP contribution in [0, 0.1) is 18.3 Å². The van der Waals surface area contributed by atoms with E-state index in [1.807, 2.05) is 66.2 Å². The van der Waals surface area contributed by atoms with Crippen molar-refractivity contribution >= 4 is 46.2 Å². The van der Waals surface area contributed by atoms with E-state index < -0.39 is 6.04 Å². The fourth-order valence-corrected chi connectivity index (χ4v) is 4.92. The fourth-order valence-electron chi connectivity index (χ4n) is 3.76. The summed E-state index contributed by atoms with van der Waals surface area (Å²) in [4.78, 5) is 27.3. The van der Waals surface area contributed by atoms with Crippen molar-refractivity contribution in [2.24, 2.45) is 0 Å². The highest BCUT2D eigenvalue weighted by atomic mass is 32.2. The molecule has 1 aromatic heterocycles. The molecule has 1 unspecified atom stereocenters. The number of aromatic nitrogens is 1. The van der Waals surface area contributed by atoms with E-state index in [4.69, 9.17) is 5.26 Å². The summed E-state index contributed by atoms with van der Waals surface area (Å²) in [6.07, 6.45) is 5.72. The Morgan fingerprint density at radius 3 is 2.78 bits per heavy atom. The number of thioether (sulfide) groups is 1. The number of nitrogens with zero attached hydrogens (tertiary/aromatic N) is 3. The minimum atomic E-state index is -0.504. The van der Waals surface area contributed by atoms with Crippen LogP contribution in [0.2, 0.25) is 0 Å². The summed E-state index contributed by atoms with van der Waals surface area (Å²) in [7, 11) is 0. The number of para-hydroxylation sites is 1. The second kappa shape index (κ2) is 9.75. The molecule has 0 bridgehead atoms. The Hall–Kier alpha value is -3.50.